The molecule has 0 aromatic heterocycles. The molecule has 0 fully saturated rings. The van der Waals surface area contributed by atoms with Gasteiger partial charge in [0.25, 0.3) is 0 Å². The zero-order chi connectivity index (χ0) is 10.4. The Balaban J connectivity index is 1.80. The summed E-state index contributed by atoms with van der Waals surface area (Å²) in [5, 5.41) is 0. The van der Waals surface area contributed by atoms with Gasteiger partial charge >= 0.3 is 0 Å². The van der Waals surface area contributed by atoms with E-state index in [0.29, 0.717) is 0 Å². The average molecular weight is 272 g/mol. The monoisotopic (exact) mass is 272 g/mol. The molecule has 1 aliphatic carbocycles. The van der Waals surface area contributed by atoms with Gasteiger partial charge in [-0.3, -0.25) is 0 Å². The van der Waals surface area contributed by atoms with E-state index in [2.05, 4.69) is 13.8 Å². The summed E-state index contributed by atoms with van der Waals surface area (Å²) in [5.74, 6) is 0. The first-order valence-electron chi connectivity index (χ1n) is 5.09. The standard InChI is InChI=1S/C11H12S4/c1-6-7(2)13-10(12-6)11-14-8-4-3-5-9(8)15-11/h3-5H2,1-2H3. The van der Waals surface area contributed by atoms with Crippen LogP contribution in [0, 0.1) is 0 Å². The summed E-state index contributed by atoms with van der Waals surface area (Å²) in [7, 11) is 0. The molecule has 0 radical (unpaired) electrons. The molecule has 0 amide bonds. The number of hydrogen-bond acceptors (Lipinski definition) is 4. The lowest BCUT2D eigenvalue weighted by atomic mass is 10.4. The molecule has 0 aromatic rings. The summed E-state index contributed by atoms with van der Waals surface area (Å²) >= 11 is 8.00. The molecule has 0 bridgehead atoms. The average Bonchev–Trinajstić information content (AvgIpc) is 2.80. The van der Waals surface area contributed by atoms with Crippen LogP contribution in [0.5, 0.6) is 0 Å². The predicted molar refractivity (Wildman–Crippen MR) is 76.6 cm³/mol. The first kappa shape index (κ1) is 10.8. The van der Waals surface area contributed by atoms with Crippen molar-refractivity contribution in [3.05, 3.63) is 28.1 Å². The van der Waals surface area contributed by atoms with Gasteiger partial charge in [0.05, 0.1) is 8.47 Å². The van der Waals surface area contributed by atoms with Crippen LogP contribution in [0.25, 0.3) is 0 Å². The third kappa shape index (κ3) is 1.94. The summed E-state index contributed by atoms with van der Waals surface area (Å²) in [6, 6.07) is 0. The molecule has 0 aromatic carbocycles. The van der Waals surface area contributed by atoms with Crippen molar-refractivity contribution < 1.29 is 0 Å². The van der Waals surface area contributed by atoms with E-state index in [9.17, 15) is 0 Å². The molecule has 80 valence electrons. The van der Waals surface area contributed by atoms with Gasteiger partial charge in [0.2, 0.25) is 0 Å². The first-order valence-corrected chi connectivity index (χ1v) is 8.36. The molecule has 0 spiro atoms. The van der Waals surface area contributed by atoms with Gasteiger partial charge in [-0.15, -0.1) is 0 Å². The molecule has 0 saturated heterocycles. The topological polar surface area (TPSA) is 0 Å². The normalized spacial score (nSPS) is 26.0. The van der Waals surface area contributed by atoms with E-state index in [1.54, 1.807) is 14.0 Å². The third-order valence-corrected chi connectivity index (χ3v) is 8.66. The van der Waals surface area contributed by atoms with Crippen molar-refractivity contribution in [1.29, 1.82) is 0 Å². The highest BCUT2D eigenvalue weighted by atomic mass is 32.2. The van der Waals surface area contributed by atoms with E-state index in [-0.39, 0.29) is 0 Å². The van der Waals surface area contributed by atoms with Gasteiger partial charge in [0.15, 0.2) is 0 Å². The van der Waals surface area contributed by atoms with Crippen LogP contribution in [0.4, 0.5) is 0 Å². The number of allylic oxidation sites excluding steroid dienone is 4. The van der Waals surface area contributed by atoms with E-state index in [4.69, 9.17) is 0 Å². The molecule has 4 heteroatoms. The highest BCUT2D eigenvalue weighted by Crippen LogP contribution is 2.62. The molecule has 2 heterocycles. The van der Waals surface area contributed by atoms with Crippen molar-refractivity contribution in [2.45, 2.75) is 33.1 Å². The van der Waals surface area contributed by atoms with Gasteiger partial charge in [0.1, 0.15) is 0 Å². The van der Waals surface area contributed by atoms with Crippen molar-refractivity contribution in [3.8, 4) is 0 Å². The second-order valence-electron chi connectivity index (χ2n) is 3.80. The van der Waals surface area contributed by atoms with Gasteiger partial charge < -0.3 is 0 Å². The maximum atomic E-state index is 2.23. The van der Waals surface area contributed by atoms with Gasteiger partial charge in [-0.1, -0.05) is 47.0 Å². The third-order valence-electron chi connectivity index (χ3n) is 2.70. The SMILES string of the molecule is CC1=C(C)SC(=C2SC3=C(CCC3)S2)S1. The van der Waals surface area contributed by atoms with E-state index < -0.39 is 0 Å². The zero-order valence-corrected chi connectivity index (χ0v) is 12.0. The summed E-state index contributed by atoms with van der Waals surface area (Å²) in [6.45, 7) is 4.46. The summed E-state index contributed by atoms with van der Waals surface area (Å²) in [4.78, 5) is 6.28. The van der Waals surface area contributed by atoms with Crippen molar-refractivity contribution in [1.82, 2.24) is 0 Å². The van der Waals surface area contributed by atoms with Gasteiger partial charge in [0, 0.05) is 9.81 Å². The molecular formula is C11H12S4. The Labute approximate surface area is 108 Å². The largest absolute Gasteiger partial charge is 0.0849 e. The van der Waals surface area contributed by atoms with Crippen LogP contribution in [0.2, 0.25) is 0 Å². The lowest BCUT2D eigenvalue weighted by molar-refractivity contribution is 0.921. The Morgan fingerprint density at radius 1 is 0.733 bits per heavy atom. The maximum Gasteiger partial charge on any atom is 0.0700 e. The molecule has 0 nitrogen and oxygen atoms in total. The molecule has 0 atom stereocenters. The van der Waals surface area contributed by atoms with Crippen LogP contribution >= 0.6 is 47.0 Å². The van der Waals surface area contributed by atoms with E-state index in [1.165, 1.54) is 33.3 Å². The lowest BCUT2D eigenvalue weighted by Gasteiger charge is -2.03. The second-order valence-corrected chi connectivity index (χ2v) is 8.97. The van der Waals surface area contributed by atoms with Crippen LogP contribution in [-0.2, 0) is 0 Å². The van der Waals surface area contributed by atoms with Crippen LogP contribution in [0.1, 0.15) is 33.1 Å². The number of rotatable bonds is 0. The van der Waals surface area contributed by atoms with Crippen LogP contribution in [-0.4, -0.2) is 0 Å². The minimum atomic E-state index is 1.32. The van der Waals surface area contributed by atoms with Crippen molar-refractivity contribution >= 4 is 47.0 Å². The molecule has 0 unspecified atom stereocenters. The fraction of sp³-hybridized carbons (Fsp3) is 0.455. The van der Waals surface area contributed by atoms with Gasteiger partial charge in [-0.2, -0.15) is 0 Å². The van der Waals surface area contributed by atoms with Gasteiger partial charge in [-0.05, 0) is 42.9 Å². The first-order chi connectivity index (χ1) is 7.24. The molecule has 0 N–H and O–H groups in total. The molecule has 15 heavy (non-hydrogen) atoms. The van der Waals surface area contributed by atoms with E-state index >= 15 is 0 Å². The van der Waals surface area contributed by atoms with Crippen molar-refractivity contribution in [2.75, 3.05) is 0 Å². The van der Waals surface area contributed by atoms with Crippen LogP contribution in [0.15, 0.2) is 28.1 Å². The fourth-order valence-electron chi connectivity index (χ4n) is 1.76. The van der Waals surface area contributed by atoms with Crippen LogP contribution < -0.4 is 0 Å². The fourth-order valence-corrected chi connectivity index (χ4v) is 7.49. The molecule has 2 aliphatic heterocycles. The Hall–Kier alpha value is 0.620. The predicted octanol–water partition coefficient (Wildman–Crippen LogP) is 5.72. The second kappa shape index (κ2) is 4.13. The summed E-state index contributed by atoms with van der Waals surface area (Å²) < 4.78 is 3.07. The summed E-state index contributed by atoms with van der Waals surface area (Å²) in [5.41, 5.74) is 0. The van der Waals surface area contributed by atoms with Crippen molar-refractivity contribution in [3.63, 3.8) is 0 Å². The zero-order valence-electron chi connectivity index (χ0n) is 8.75. The Bertz CT molecular complexity index is 380. The van der Waals surface area contributed by atoms with Crippen molar-refractivity contribution in [2.24, 2.45) is 0 Å². The number of hydrogen-bond donors (Lipinski definition) is 0. The Morgan fingerprint density at radius 3 is 1.73 bits per heavy atom. The van der Waals surface area contributed by atoms with E-state index in [1.807, 2.05) is 47.0 Å². The molecule has 3 aliphatic rings. The minimum absolute atomic E-state index is 1.32. The van der Waals surface area contributed by atoms with Crippen LogP contribution in [0.3, 0.4) is 0 Å². The molecule has 0 saturated carbocycles. The smallest absolute Gasteiger partial charge is 0.0700 e. The van der Waals surface area contributed by atoms with Gasteiger partial charge in [-0.25, -0.2) is 0 Å². The molecule has 3 rings (SSSR count). The Morgan fingerprint density at radius 2 is 1.20 bits per heavy atom. The number of thioether (sulfide) groups is 4. The highest BCUT2D eigenvalue weighted by Gasteiger charge is 2.29. The maximum absolute atomic E-state index is 2.23. The quantitative estimate of drug-likeness (QED) is 0.553. The Kier molecular flexibility index (Phi) is 2.96. The highest BCUT2D eigenvalue weighted by molar-refractivity contribution is 8.34. The molecular weight excluding hydrogens is 260 g/mol. The lowest BCUT2D eigenvalue weighted by Crippen LogP contribution is -1.72. The minimum Gasteiger partial charge on any atom is -0.0849 e. The van der Waals surface area contributed by atoms with E-state index in [0.717, 1.165) is 0 Å². The summed E-state index contributed by atoms with van der Waals surface area (Å²) in [6.07, 6.45) is 4.03.